The summed E-state index contributed by atoms with van der Waals surface area (Å²) in [6, 6.07) is 1.52. The van der Waals surface area contributed by atoms with Crippen LogP contribution in [0.25, 0.3) is 0 Å². The fraction of sp³-hybridized carbons (Fsp3) is 0.600. The van der Waals surface area contributed by atoms with E-state index in [1.54, 1.807) is 5.38 Å². The predicted octanol–water partition coefficient (Wildman–Crippen LogP) is 2.39. The van der Waals surface area contributed by atoms with Gasteiger partial charge in [0.15, 0.2) is 0 Å². The van der Waals surface area contributed by atoms with Crippen LogP contribution in [0.15, 0.2) is 15.7 Å². The molecular weight excluding hydrogens is 333 g/mol. The topological polar surface area (TPSA) is 58.2 Å². The zero-order valence-corrected chi connectivity index (χ0v) is 13.1. The van der Waals surface area contributed by atoms with Crippen molar-refractivity contribution in [2.45, 2.75) is 23.2 Å². The molecule has 1 aromatic heterocycles. The van der Waals surface area contributed by atoms with Crippen LogP contribution in [0.2, 0.25) is 0 Å². The van der Waals surface area contributed by atoms with Crippen molar-refractivity contribution < 1.29 is 21.6 Å². The van der Waals surface area contributed by atoms with E-state index < -0.39 is 15.5 Å². The number of nitrogens with one attached hydrogen (secondary N) is 2. The van der Waals surface area contributed by atoms with Gasteiger partial charge in [0.05, 0.1) is 0 Å². The van der Waals surface area contributed by atoms with E-state index in [4.69, 9.17) is 0 Å². The largest absolute Gasteiger partial charge is 0.441 e. The minimum atomic E-state index is -4.34. The summed E-state index contributed by atoms with van der Waals surface area (Å²) < 4.78 is 61.6. The molecule has 0 atom stereocenters. The predicted molar refractivity (Wildman–Crippen MR) is 75.4 cm³/mol. The maximum atomic E-state index is 11.9. The van der Waals surface area contributed by atoms with Crippen LogP contribution in [0, 0.1) is 0 Å². The summed E-state index contributed by atoms with van der Waals surface area (Å²) in [6.45, 7) is 3.01. The molecule has 20 heavy (non-hydrogen) atoms. The summed E-state index contributed by atoms with van der Waals surface area (Å²) >= 11 is 0.803. The van der Waals surface area contributed by atoms with Gasteiger partial charge in [0, 0.05) is 18.8 Å². The highest BCUT2D eigenvalue weighted by atomic mass is 32.2. The standard InChI is InChI=1S/C10H15F3N2O2S3/c1-2-14-6-8-5-9(18-7-8)20(16,17)15-3-4-19-10(11,12)13/h5,7,14-15H,2-4,6H2,1H3. The number of sulfonamides is 1. The first-order chi connectivity index (χ1) is 9.24. The molecule has 116 valence electrons. The van der Waals surface area contributed by atoms with Crippen LogP contribution in [0.1, 0.15) is 12.5 Å². The summed E-state index contributed by atoms with van der Waals surface area (Å²) in [5, 5.41) is 4.77. The van der Waals surface area contributed by atoms with Crippen LogP contribution >= 0.6 is 23.1 Å². The van der Waals surface area contributed by atoms with Gasteiger partial charge in [-0.05, 0) is 35.3 Å². The van der Waals surface area contributed by atoms with Crippen molar-refractivity contribution in [2.24, 2.45) is 0 Å². The molecule has 0 fully saturated rings. The second kappa shape index (κ2) is 7.64. The molecule has 0 aliphatic carbocycles. The summed E-state index contributed by atoms with van der Waals surface area (Å²) in [5.41, 5.74) is -3.50. The molecule has 0 spiro atoms. The molecule has 0 radical (unpaired) electrons. The Morgan fingerprint density at radius 2 is 2.10 bits per heavy atom. The summed E-state index contributed by atoms with van der Waals surface area (Å²) in [4.78, 5) is 0. The van der Waals surface area contributed by atoms with Gasteiger partial charge in [0.1, 0.15) is 4.21 Å². The lowest BCUT2D eigenvalue weighted by atomic mass is 10.3. The molecule has 0 aliphatic heterocycles. The highest BCUT2D eigenvalue weighted by Gasteiger charge is 2.27. The van der Waals surface area contributed by atoms with E-state index in [0.717, 1.165) is 23.4 Å². The van der Waals surface area contributed by atoms with Crippen LogP contribution < -0.4 is 10.0 Å². The van der Waals surface area contributed by atoms with Gasteiger partial charge in [-0.2, -0.15) is 13.2 Å². The first-order valence-corrected chi connectivity index (χ1v) is 9.08. The van der Waals surface area contributed by atoms with E-state index in [1.807, 2.05) is 6.92 Å². The lowest BCUT2D eigenvalue weighted by molar-refractivity contribution is -0.0327. The number of rotatable bonds is 8. The van der Waals surface area contributed by atoms with E-state index in [2.05, 4.69) is 10.0 Å². The van der Waals surface area contributed by atoms with Gasteiger partial charge in [-0.1, -0.05) is 6.92 Å². The SMILES string of the molecule is CCNCc1csc(S(=O)(=O)NCCSC(F)(F)F)c1. The lowest BCUT2D eigenvalue weighted by Gasteiger charge is -2.06. The van der Waals surface area contributed by atoms with Crippen molar-refractivity contribution in [2.75, 3.05) is 18.8 Å². The monoisotopic (exact) mass is 348 g/mol. The molecule has 2 N–H and O–H groups in total. The Labute approximate surface area is 124 Å². The zero-order chi connectivity index (χ0) is 15.2. The molecule has 1 aromatic rings. The number of hydrogen-bond acceptors (Lipinski definition) is 5. The Morgan fingerprint density at radius 1 is 1.40 bits per heavy atom. The molecule has 0 amide bonds. The smallest absolute Gasteiger partial charge is 0.313 e. The van der Waals surface area contributed by atoms with Gasteiger partial charge < -0.3 is 5.32 Å². The van der Waals surface area contributed by atoms with E-state index in [1.165, 1.54) is 6.07 Å². The molecule has 0 unspecified atom stereocenters. The highest BCUT2D eigenvalue weighted by molar-refractivity contribution is 8.00. The maximum absolute atomic E-state index is 11.9. The van der Waals surface area contributed by atoms with E-state index in [0.29, 0.717) is 6.54 Å². The highest BCUT2D eigenvalue weighted by Crippen LogP contribution is 2.29. The third-order valence-corrected chi connectivity index (χ3v) is 5.82. The van der Waals surface area contributed by atoms with Crippen LogP contribution in [0.4, 0.5) is 13.2 Å². The number of halogens is 3. The van der Waals surface area contributed by atoms with E-state index in [-0.39, 0.29) is 28.3 Å². The number of thiophene rings is 1. The second-order valence-electron chi connectivity index (χ2n) is 3.75. The van der Waals surface area contributed by atoms with Crippen molar-refractivity contribution in [3.8, 4) is 0 Å². The first-order valence-electron chi connectivity index (χ1n) is 5.73. The third kappa shape index (κ3) is 6.44. The zero-order valence-electron chi connectivity index (χ0n) is 10.7. The molecule has 1 heterocycles. The summed E-state index contributed by atoms with van der Waals surface area (Å²) in [7, 11) is -3.72. The Morgan fingerprint density at radius 3 is 2.70 bits per heavy atom. The van der Waals surface area contributed by atoms with Crippen LogP contribution in [-0.4, -0.2) is 32.8 Å². The molecule has 1 rings (SSSR count). The van der Waals surface area contributed by atoms with Gasteiger partial charge in [-0.15, -0.1) is 11.3 Å². The van der Waals surface area contributed by atoms with Gasteiger partial charge >= 0.3 is 5.51 Å². The second-order valence-corrected chi connectivity index (χ2v) is 7.81. The molecule has 0 saturated carbocycles. The van der Waals surface area contributed by atoms with Crippen molar-refractivity contribution >= 4 is 33.1 Å². The quantitative estimate of drug-likeness (QED) is 0.708. The van der Waals surface area contributed by atoms with Crippen LogP contribution in [-0.2, 0) is 16.6 Å². The minimum Gasteiger partial charge on any atom is -0.313 e. The number of alkyl halides is 3. The Bertz CT molecular complexity index is 514. The minimum absolute atomic E-state index is 0.113. The summed E-state index contributed by atoms with van der Waals surface area (Å²) in [5.74, 6) is -0.349. The molecule has 0 aromatic carbocycles. The van der Waals surface area contributed by atoms with Gasteiger partial charge in [0.25, 0.3) is 0 Å². The molecule has 0 bridgehead atoms. The van der Waals surface area contributed by atoms with Gasteiger partial charge in [0.2, 0.25) is 10.0 Å². The average molecular weight is 348 g/mol. The van der Waals surface area contributed by atoms with Crippen molar-refractivity contribution in [3.05, 3.63) is 17.0 Å². The molecule has 10 heteroatoms. The molecule has 0 aliphatic rings. The van der Waals surface area contributed by atoms with E-state index in [9.17, 15) is 21.6 Å². The summed E-state index contributed by atoms with van der Waals surface area (Å²) in [6.07, 6.45) is 0. The number of hydrogen-bond donors (Lipinski definition) is 2. The van der Waals surface area contributed by atoms with Gasteiger partial charge in [-0.25, -0.2) is 13.1 Å². The van der Waals surface area contributed by atoms with Crippen molar-refractivity contribution in [1.82, 2.24) is 10.0 Å². The van der Waals surface area contributed by atoms with Crippen molar-refractivity contribution in [1.29, 1.82) is 0 Å². The maximum Gasteiger partial charge on any atom is 0.441 e. The van der Waals surface area contributed by atoms with Gasteiger partial charge in [-0.3, -0.25) is 0 Å². The van der Waals surface area contributed by atoms with Crippen LogP contribution in [0.5, 0.6) is 0 Å². The van der Waals surface area contributed by atoms with Crippen LogP contribution in [0.3, 0.4) is 0 Å². The molecular formula is C10H15F3N2O2S3. The fourth-order valence-corrected chi connectivity index (χ4v) is 4.12. The normalized spacial score (nSPS) is 12.8. The Balaban J connectivity index is 2.49. The van der Waals surface area contributed by atoms with Crippen molar-refractivity contribution in [3.63, 3.8) is 0 Å². The first kappa shape index (κ1) is 17.8. The molecule has 0 saturated heterocycles. The fourth-order valence-electron chi connectivity index (χ4n) is 1.27. The Kier molecular flexibility index (Phi) is 6.79. The molecule has 4 nitrogen and oxygen atoms in total. The number of thioether (sulfide) groups is 1. The third-order valence-electron chi connectivity index (χ3n) is 2.13. The Hall–Kier alpha value is -0.290. The van der Waals surface area contributed by atoms with E-state index >= 15 is 0 Å². The average Bonchev–Trinajstić information content (AvgIpc) is 2.80. The lowest BCUT2D eigenvalue weighted by Crippen LogP contribution is -2.26.